The molecule has 3 heteroatoms. The average Bonchev–Trinajstić information content (AvgIpc) is 3.00. The molecule has 1 heterocycles. The van der Waals surface area contributed by atoms with Crippen LogP contribution >= 0.6 is 11.3 Å². The number of nitrogens with one attached hydrogen (secondary N) is 1. The van der Waals surface area contributed by atoms with Crippen molar-refractivity contribution < 1.29 is 4.79 Å². The third kappa shape index (κ3) is 3.78. The van der Waals surface area contributed by atoms with Crippen molar-refractivity contribution in [2.75, 3.05) is 6.54 Å². The summed E-state index contributed by atoms with van der Waals surface area (Å²) in [6.45, 7) is 1.19. The predicted molar refractivity (Wildman–Crippen MR) is 88.7 cm³/mol. The van der Waals surface area contributed by atoms with Gasteiger partial charge in [-0.25, -0.2) is 0 Å². The number of carbonyl (C=O) groups excluding carboxylic acids is 1. The maximum atomic E-state index is 12.0. The number of hydrogen-bond acceptors (Lipinski definition) is 3. The molecule has 0 aliphatic heterocycles. The van der Waals surface area contributed by atoms with E-state index in [-0.39, 0.29) is 5.78 Å². The number of carbonyl (C=O) groups is 1. The molecular weight excluding hydrogens is 278 g/mol. The third-order valence-electron chi connectivity index (χ3n) is 3.42. The Balaban J connectivity index is 1.55. The van der Waals surface area contributed by atoms with E-state index < -0.39 is 0 Å². The summed E-state index contributed by atoms with van der Waals surface area (Å²) in [6.07, 6.45) is 0.488. The smallest absolute Gasteiger partial charge is 0.150 e. The van der Waals surface area contributed by atoms with Gasteiger partial charge in [0.05, 0.1) is 6.54 Å². The van der Waals surface area contributed by atoms with Crippen molar-refractivity contribution in [3.05, 3.63) is 70.4 Å². The van der Waals surface area contributed by atoms with E-state index in [1.54, 1.807) is 11.3 Å². The Kier molecular flexibility index (Phi) is 4.43. The van der Waals surface area contributed by atoms with Gasteiger partial charge in [0.25, 0.3) is 0 Å². The summed E-state index contributed by atoms with van der Waals surface area (Å²) < 4.78 is 0. The van der Waals surface area contributed by atoms with Gasteiger partial charge < -0.3 is 5.32 Å². The number of thiophene rings is 1. The molecule has 0 aliphatic carbocycles. The van der Waals surface area contributed by atoms with Gasteiger partial charge in [0, 0.05) is 17.8 Å². The predicted octanol–water partition coefficient (Wildman–Crippen LogP) is 3.80. The first-order valence-corrected chi connectivity index (χ1v) is 7.92. The van der Waals surface area contributed by atoms with Crippen molar-refractivity contribution in [3.63, 3.8) is 0 Å². The molecule has 106 valence electrons. The molecule has 0 atom stereocenters. The number of ketones is 1. The van der Waals surface area contributed by atoms with E-state index >= 15 is 0 Å². The second kappa shape index (κ2) is 6.66. The van der Waals surface area contributed by atoms with Gasteiger partial charge >= 0.3 is 0 Å². The molecular formula is C18H17NOS. The summed E-state index contributed by atoms with van der Waals surface area (Å²) >= 11 is 1.71. The van der Waals surface area contributed by atoms with Crippen LogP contribution in [-0.2, 0) is 17.8 Å². The Bertz CT molecular complexity index is 734. The second-order valence-electron chi connectivity index (χ2n) is 5.08. The van der Waals surface area contributed by atoms with Crippen LogP contribution < -0.4 is 5.32 Å². The zero-order valence-corrected chi connectivity index (χ0v) is 12.5. The van der Waals surface area contributed by atoms with Crippen LogP contribution in [0.5, 0.6) is 0 Å². The molecule has 3 aromatic rings. The Morgan fingerprint density at radius 3 is 2.67 bits per heavy atom. The molecule has 0 fully saturated rings. The van der Waals surface area contributed by atoms with Crippen molar-refractivity contribution in [1.82, 2.24) is 5.32 Å². The average molecular weight is 295 g/mol. The summed E-state index contributed by atoms with van der Waals surface area (Å²) in [4.78, 5) is 13.3. The lowest BCUT2D eigenvalue weighted by Crippen LogP contribution is -2.23. The van der Waals surface area contributed by atoms with Crippen molar-refractivity contribution in [3.8, 4) is 0 Å². The van der Waals surface area contributed by atoms with Gasteiger partial charge in [-0.15, -0.1) is 11.3 Å². The lowest BCUT2D eigenvalue weighted by atomic mass is 10.0. The van der Waals surface area contributed by atoms with Crippen LogP contribution in [0.4, 0.5) is 0 Å². The van der Waals surface area contributed by atoms with Crippen LogP contribution in [-0.4, -0.2) is 12.3 Å². The highest BCUT2D eigenvalue weighted by atomic mass is 32.1. The van der Waals surface area contributed by atoms with Crippen LogP contribution in [0.15, 0.2) is 60.0 Å². The van der Waals surface area contributed by atoms with Crippen molar-refractivity contribution in [2.24, 2.45) is 0 Å². The maximum Gasteiger partial charge on any atom is 0.150 e. The van der Waals surface area contributed by atoms with Gasteiger partial charge in [0.15, 0.2) is 5.78 Å². The van der Waals surface area contributed by atoms with Gasteiger partial charge in [0.1, 0.15) is 0 Å². The molecule has 1 aromatic heterocycles. The summed E-state index contributed by atoms with van der Waals surface area (Å²) in [5.41, 5.74) is 1.08. The first-order chi connectivity index (χ1) is 10.3. The van der Waals surface area contributed by atoms with Crippen LogP contribution in [0.1, 0.15) is 10.4 Å². The van der Waals surface area contributed by atoms with Gasteiger partial charge in [-0.1, -0.05) is 48.5 Å². The molecule has 1 N–H and O–H groups in total. The summed E-state index contributed by atoms with van der Waals surface area (Å²) in [5.74, 6) is 0.224. The second-order valence-corrected chi connectivity index (χ2v) is 6.11. The van der Waals surface area contributed by atoms with E-state index in [0.29, 0.717) is 13.0 Å². The quantitative estimate of drug-likeness (QED) is 0.749. The van der Waals surface area contributed by atoms with Crippen LogP contribution in [0, 0.1) is 0 Å². The van der Waals surface area contributed by atoms with E-state index in [1.165, 1.54) is 15.6 Å². The van der Waals surface area contributed by atoms with Gasteiger partial charge in [-0.2, -0.15) is 0 Å². The minimum Gasteiger partial charge on any atom is -0.305 e. The Morgan fingerprint density at radius 2 is 1.86 bits per heavy atom. The fourth-order valence-electron chi connectivity index (χ4n) is 2.38. The number of rotatable bonds is 6. The lowest BCUT2D eigenvalue weighted by molar-refractivity contribution is -0.117. The normalized spacial score (nSPS) is 10.9. The van der Waals surface area contributed by atoms with Gasteiger partial charge in [-0.3, -0.25) is 4.79 Å². The molecule has 0 saturated heterocycles. The van der Waals surface area contributed by atoms with E-state index in [9.17, 15) is 4.79 Å². The van der Waals surface area contributed by atoms with Crippen molar-refractivity contribution in [2.45, 2.75) is 13.0 Å². The Labute approximate surface area is 128 Å². The monoisotopic (exact) mass is 295 g/mol. The number of fused-ring (bicyclic) bond motifs is 1. The number of benzene rings is 2. The van der Waals surface area contributed by atoms with Crippen molar-refractivity contribution >= 4 is 27.9 Å². The first kappa shape index (κ1) is 14.0. The summed E-state index contributed by atoms with van der Waals surface area (Å²) in [5, 5.41) is 7.66. The fraction of sp³-hybridized carbons (Fsp3) is 0.167. The van der Waals surface area contributed by atoms with Gasteiger partial charge in [-0.05, 0) is 27.8 Å². The Hall–Kier alpha value is -1.97. The van der Waals surface area contributed by atoms with Crippen molar-refractivity contribution in [1.29, 1.82) is 0 Å². The van der Waals surface area contributed by atoms with Crippen LogP contribution in [0.2, 0.25) is 0 Å². The molecule has 0 unspecified atom stereocenters. The SMILES string of the molecule is O=C(CNCc1cccs1)Cc1ccc2ccccc2c1. The zero-order valence-electron chi connectivity index (χ0n) is 11.7. The van der Waals surface area contributed by atoms with E-state index in [4.69, 9.17) is 0 Å². The fourth-order valence-corrected chi connectivity index (χ4v) is 3.05. The molecule has 0 aliphatic rings. The largest absolute Gasteiger partial charge is 0.305 e. The van der Waals surface area contributed by atoms with E-state index in [1.807, 2.05) is 29.6 Å². The molecule has 2 nitrogen and oxygen atoms in total. The topological polar surface area (TPSA) is 29.1 Å². The van der Waals surface area contributed by atoms with E-state index in [2.05, 4.69) is 35.6 Å². The minimum atomic E-state index is 0.224. The first-order valence-electron chi connectivity index (χ1n) is 7.04. The van der Waals surface area contributed by atoms with Crippen LogP contribution in [0.3, 0.4) is 0 Å². The molecule has 0 spiro atoms. The van der Waals surface area contributed by atoms with E-state index in [0.717, 1.165) is 12.1 Å². The highest BCUT2D eigenvalue weighted by molar-refractivity contribution is 7.09. The van der Waals surface area contributed by atoms with Gasteiger partial charge in [0.2, 0.25) is 0 Å². The summed E-state index contributed by atoms with van der Waals surface area (Å²) in [6, 6.07) is 18.5. The molecule has 0 saturated carbocycles. The molecule has 0 bridgehead atoms. The summed E-state index contributed by atoms with van der Waals surface area (Å²) in [7, 11) is 0. The molecule has 0 radical (unpaired) electrons. The number of Topliss-reactive ketones (excluding diaryl/α,β-unsaturated/α-hetero) is 1. The minimum absolute atomic E-state index is 0.224. The number of hydrogen-bond donors (Lipinski definition) is 1. The highest BCUT2D eigenvalue weighted by Gasteiger charge is 2.04. The molecule has 3 rings (SSSR count). The standard InChI is InChI=1S/C18H17NOS/c20-17(12-19-13-18-6-3-9-21-18)11-14-7-8-15-4-1-2-5-16(15)10-14/h1-10,19H,11-13H2. The third-order valence-corrected chi connectivity index (χ3v) is 4.29. The van der Waals surface area contributed by atoms with Crippen LogP contribution in [0.25, 0.3) is 10.8 Å². The highest BCUT2D eigenvalue weighted by Crippen LogP contribution is 2.16. The molecule has 2 aromatic carbocycles. The molecule has 21 heavy (non-hydrogen) atoms. The maximum absolute atomic E-state index is 12.0. The molecule has 0 amide bonds. The zero-order chi connectivity index (χ0) is 14.5. The Morgan fingerprint density at radius 1 is 1.00 bits per heavy atom. The lowest BCUT2D eigenvalue weighted by Gasteiger charge is -2.05.